The van der Waals surface area contributed by atoms with Gasteiger partial charge in [-0.2, -0.15) is 0 Å². The van der Waals surface area contributed by atoms with Gasteiger partial charge in [0, 0.05) is 13.2 Å². The highest BCUT2D eigenvalue weighted by atomic mass is 19.1. The lowest BCUT2D eigenvalue weighted by molar-refractivity contribution is 0.0509. The van der Waals surface area contributed by atoms with Gasteiger partial charge in [0.25, 0.3) is 0 Å². The lowest BCUT2D eigenvalue weighted by atomic mass is 10.1. The van der Waals surface area contributed by atoms with Crippen LogP contribution in [0.15, 0.2) is 18.2 Å². The first kappa shape index (κ1) is 10.7. The molecule has 0 amide bonds. The van der Waals surface area contributed by atoms with Crippen LogP contribution in [0.3, 0.4) is 0 Å². The number of hydrogen-bond donors (Lipinski definition) is 0. The molecule has 0 aliphatic carbocycles. The monoisotopic (exact) mass is 198 g/mol. The number of ketones is 1. The maximum absolute atomic E-state index is 13.2. The van der Waals surface area contributed by atoms with Gasteiger partial charge in [0.2, 0.25) is 0 Å². The average molecular weight is 198 g/mol. The van der Waals surface area contributed by atoms with Crippen LogP contribution in [0.2, 0.25) is 0 Å². The summed E-state index contributed by atoms with van der Waals surface area (Å²) in [5, 5.41) is 0. The standard InChI is InChI=1S/C10H11FO3/c1-7(12)9-4-3-8(5-10(9)11)14-6-13-2/h3-5H,6H2,1-2H3. The van der Waals surface area contributed by atoms with E-state index in [4.69, 9.17) is 4.74 Å². The van der Waals surface area contributed by atoms with Crippen LogP contribution in [-0.4, -0.2) is 19.7 Å². The van der Waals surface area contributed by atoms with E-state index < -0.39 is 5.82 Å². The minimum Gasteiger partial charge on any atom is -0.467 e. The van der Waals surface area contributed by atoms with Gasteiger partial charge in [-0.3, -0.25) is 4.79 Å². The summed E-state index contributed by atoms with van der Waals surface area (Å²) in [6.07, 6.45) is 0. The van der Waals surface area contributed by atoms with Gasteiger partial charge in [0.05, 0.1) is 5.56 Å². The van der Waals surface area contributed by atoms with Crippen molar-refractivity contribution < 1.29 is 18.7 Å². The van der Waals surface area contributed by atoms with Crippen LogP contribution in [0.4, 0.5) is 4.39 Å². The van der Waals surface area contributed by atoms with E-state index in [-0.39, 0.29) is 18.1 Å². The molecule has 0 spiro atoms. The lowest BCUT2D eigenvalue weighted by Crippen LogP contribution is -2.01. The van der Waals surface area contributed by atoms with Gasteiger partial charge in [-0.25, -0.2) is 4.39 Å². The van der Waals surface area contributed by atoms with Gasteiger partial charge in [-0.05, 0) is 19.1 Å². The van der Waals surface area contributed by atoms with Crippen molar-refractivity contribution in [3.05, 3.63) is 29.6 Å². The molecule has 0 aliphatic rings. The van der Waals surface area contributed by atoms with Crippen molar-refractivity contribution >= 4 is 5.78 Å². The van der Waals surface area contributed by atoms with E-state index in [0.717, 1.165) is 6.07 Å². The summed E-state index contributed by atoms with van der Waals surface area (Å²) in [6, 6.07) is 4.08. The molecule has 14 heavy (non-hydrogen) atoms. The molecule has 0 heterocycles. The van der Waals surface area contributed by atoms with Crippen molar-refractivity contribution in [2.45, 2.75) is 6.92 Å². The van der Waals surface area contributed by atoms with Crippen LogP contribution in [0.5, 0.6) is 5.75 Å². The minimum atomic E-state index is -0.578. The third kappa shape index (κ3) is 2.53. The zero-order valence-corrected chi connectivity index (χ0v) is 8.04. The molecule has 1 rings (SSSR count). The van der Waals surface area contributed by atoms with Gasteiger partial charge >= 0.3 is 0 Å². The highest BCUT2D eigenvalue weighted by molar-refractivity contribution is 5.94. The minimum absolute atomic E-state index is 0.0544. The number of halogens is 1. The van der Waals surface area contributed by atoms with E-state index in [1.807, 2.05) is 0 Å². The van der Waals surface area contributed by atoms with Crippen molar-refractivity contribution in [1.82, 2.24) is 0 Å². The summed E-state index contributed by atoms with van der Waals surface area (Å²) in [5.74, 6) is -0.541. The van der Waals surface area contributed by atoms with Crippen LogP contribution in [0.25, 0.3) is 0 Å². The quantitative estimate of drug-likeness (QED) is 0.548. The van der Waals surface area contributed by atoms with Crippen molar-refractivity contribution in [3.8, 4) is 5.75 Å². The summed E-state index contributed by atoms with van der Waals surface area (Å²) in [6.45, 7) is 1.37. The molecule has 0 saturated heterocycles. The Kier molecular flexibility index (Phi) is 3.59. The molecular formula is C10H11FO3. The molecule has 0 aliphatic heterocycles. The fraction of sp³-hybridized carbons (Fsp3) is 0.300. The first-order chi connectivity index (χ1) is 6.65. The zero-order valence-electron chi connectivity index (χ0n) is 8.04. The van der Waals surface area contributed by atoms with Gasteiger partial charge in [0.15, 0.2) is 12.6 Å². The molecule has 0 radical (unpaired) electrons. The second-order valence-corrected chi connectivity index (χ2v) is 2.75. The van der Waals surface area contributed by atoms with E-state index >= 15 is 0 Å². The maximum Gasteiger partial charge on any atom is 0.188 e. The van der Waals surface area contributed by atoms with E-state index in [1.165, 1.54) is 26.2 Å². The summed E-state index contributed by atoms with van der Waals surface area (Å²) in [7, 11) is 1.47. The SMILES string of the molecule is COCOc1ccc(C(C)=O)c(F)c1. The van der Waals surface area contributed by atoms with Crippen LogP contribution in [0, 0.1) is 5.82 Å². The molecule has 1 aromatic rings. The van der Waals surface area contributed by atoms with Crippen LogP contribution >= 0.6 is 0 Å². The Bertz CT molecular complexity index is 336. The number of carbonyl (C=O) groups excluding carboxylic acids is 1. The molecule has 1 aromatic carbocycles. The predicted molar refractivity (Wildman–Crippen MR) is 48.9 cm³/mol. The van der Waals surface area contributed by atoms with E-state index in [1.54, 1.807) is 0 Å². The molecule has 0 unspecified atom stereocenters. The molecule has 0 N–H and O–H groups in total. The Morgan fingerprint density at radius 2 is 2.21 bits per heavy atom. The van der Waals surface area contributed by atoms with Gasteiger partial charge in [-0.15, -0.1) is 0 Å². The molecule has 0 bridgehead atoms. The van der Waals surface area contributed by atoms with Crippen LogP contribution < -0.4 is 4.74 Å². The molecule has 4 heteroatoms. The number of hydrogen-bond acceptors (Lipinski definition) is 3. The molecule has 0 atom stereocenters. The molecule has 0 aromatic heterocycles. The third-order valence-corrected chi connectivity index (χ3v) is 1.66. The molecule has 3 nitrogen and oxygen atoms in total. The molecule has 0 saturated carbocycles. The molecular weight excluding hydrogens is 187 g/mol. The highest BCUT2D eigenvalue weighted by Crippen LogP contribution is 2.16. The molecule has 76 valence electrons. The number of ether oxygens (including phenoxy) is 2. The second kappa shape index (κ2) is 4.72. The van der Waals surface area contributed by atoms with Crippen molar-refractivity contribution in [2.75, 3.05) is 13.9 Å². The fourth-order valence-corrected chi connectivity index (χ4v) is 0.998. The van der Waals surface area contributed by atoms with Crippen molar-refractivity contribution in [3.63, 3.8) is 0 Å². The largest absolute Gasteiger partial charge is 0.467 e. The number of carbonyl (C=O) groups is 1. The topological polar surface area (TPSA) is 35.5 Å². The summed E-state index contributed by atoms with van der Waals surface area (Å²) in [5.41, 5.74) is 0.0646. The Morgan fingerprint density at radius 3 is 2.71 bits per heavy atom. The maximum atomic E-state index is 13.2. The van der Waals surface area contributed by atoms with Gasteiger partial charge < -0.3 is 9.47 Å². The van der Waals surface area contributed by atoms with Crippen molar-refractivity contribution in [2.24, 2.45) is 0 Å². The average Bonchev–Trinajstić information content (AvgIpc) is 2.14. The first-order valence-electron chi connectivity index (χ1n) is 4.07. The van der Waals surface area contributed by atoms with E-state index in [9.17, 15) is 9.18 Å². The second-order valence-electron chi connectivity index (χ2n) is 2.75. The Balaban J connectivity index is 2.83. The van der Waals surface area contributed by atoms with Gasteiger partial charge in [-0.1, -0.05) is 0 Å². The molecule has 0 fully saturated rings. The van der Waals surface area contributed by atoms with Crippen LogP contribution in [0.1, 0.15) is 17.3 Å². The third-order valence-electron chi connectivity index (χ3n) is 1.66. The number of Topliss-reactive ketones (excluding diaryl/α,β-unsaturated/α-hetero) is 1. The summed E-state index contributed by atoms with van der Waals surface area (Å²) in [4.78, 5) is 10.9. The van der Waals surface area contributed by atoms with E-state index in [0.29, 0.717) is 5.75 Å². The Morgan fingerprint density at radius 1 is 1.50 bits per heavy atom. The van der Waals surface area contributed by atoms with Gasteiger partial charge in [0.1, 0.15) is 11.6 Å². The Hall–Kier alpha value is -1.42. The van der Waals surface area contributed by atoms with Crippen LogP contribution in [-0.2, 0) is 4.74 Å². The number of rotatable bonds is 4. The number of methoxy groups -OCH3 is 1. The van der Waals surface area contributed by atoms with E-state index in [2.05, 4.69) is 4.74 Å². The number of benzene rings is 1. The van der Waals surface area contributed by atoms with Crippen molar-refractivity contribution in [1.29, 1.82) is 0 Å². The summed E-state index contributed by atoms with van der Waals surface area (Å²) < 4.78 is 22.8. The zero-order chi connectivity index (χ0) is 10.6. The summed E-state index contributed by atoms with van der Waals surface area (Å²) >= 11 is 0. The predicted octanol–water partition coefficient (Wildman–Crippen LogP) is 2.01. The highest BCUT2D eigenvalue weighted by Gasteiger charge is 2.07. The first-order valence-corrected chi connectivity index (χ1v) is 4.07. The lowest BCUT2D eigenvalue weighted by Gasteiger charge is -2.05. The smallest absolute Gasteiger partial charge is 0.188 e. The fourth-order valence-electron chi connectivity index (χ4n) is 0.998. The Labute approximate surface area is 81.4 Å². The normalized spacial score (nSPS) is 9.93.